The Morgan fingerprint density at radius 2 is 1.71 bits per heavy atom. The summed E-state index contributed by atoms with van der Waals surface area (Å²) in [6, 6.07) is 22.0. The molecule has 0 aliphatic carbocycles. The summed E-state index contributed by atoms with van der Waals surface area (Å²) in [4.78, 5) is 22.3. The summed E-state index contributed by atoms with van der Waals surface area (Å²) in [5.74, 6) is 0.978. The molecule has 6 rings (SSSR count). The lowest BCUT2D eigenvalue weighted by atomic mass is 9.95. The summed E-state index contributed by atoms with van der Waals surface area (Å²) >= 11 is 1.61. The van der Waals surface area contributed by atoms with Gasteiger partial charge in [0.05, 0.1) is 16.6 Å². The van der Waals surface area contributed by atoms with Crippen LogP contribution < -0.4 is 5.63 Å². The summed E-state index contributed by atoms with van der Waals surface area (Å²) < 4.78 is 7.67. The van der Waals surface area contributed by atoms with Crippen LogP contribution in [0.3, 0.4) is 0 Å². The largest absolute Gasteiger partial charge is 0.423 e. The summed E-state index contributed by atoms with van der Waals surface area (Å²) in [6.45, 7) is 6.43. The maximum absolute atomic E-state index is 12.4. The third-order valence-corrected chi connectivity index (χ3v) is 7.30. The van der Waals surface area contributed by atoms with Crippen molar-refractivity contribution < 1.29 is 4.42 Å². The van der Waals surface area contributed by atoms with Gasteiger partial charge < -0.3 is 4.42 Å². The highest BCUT2D eigenvalue weighted by Gasteiger charge is 2.16. The number of imidazole rings is 1. The van der Waals surface area contributed by atoms with Gasteiger partial charge in [-0.05, 0) is 65.9 Å². The van der Waals surface area contributed by atoms with Crippen molar-refractivity contribution in [1.29, 1.82) is 0 Å². The van der Waals surface area contributed by atoms with Crippen molar-refractivity contribution in [3.05, 3.63) is 93.8 Å². The molecule has 6 aromatic rings. The van der Waals surface area contributed by atoms with Crippen LogP contribution in [0.5, 0.6) is 0 Å². The van der Waals surface area contributed by atoms with Crippen LogP contribution in [0.25, 0.3) is 38.6 Å². The number of nitrogens with zero attached hydrogens (tertiary/aromatic N) is 3. The van der Waals surface area contributed by atoms with Crippen molar-refractivity contribution in [2.75, 3.05) is 0 Å². The molecule has 168 valence electrons. The SMILES string of the molecule is Cc1cc2oc(=O)cc(CSc3nc4ccccc4c4nc5ccccc5n34)c2cc1C(C)C. The number of hydrogen-bond donors (Lipinski definition) is 0. The lowest BCUT2D eigenvalue weighted by Gasteiger charge is -2.13. The van der Waals surface area contributed by atoms with Gasteiger partial charge in [-0.15, -0.1) is 0 Å². The number of benzene rings is 3. The number of para-hydroxylation sites is 3. The van der Waals surface area contributed by atoms with Gasteiger partial charge in [0, 0.05) is 22.6 Å². The maximum atomic E-state index is 12.4. The number of thioether (sulfide) groups is 1. The Morgan fingerprint density at radius 1 is 0.941 bits per heavy atom. The maximum Gasteiger partial charge on any atom is 0.336 e. The molecule has 0 unspecified atom stereocenters. The summed E-state index contributed by atoms with van der Waals surface area (Å²) in [5.41, 5.74) is 7.41. The molecule has 0 bridgehead atoms. The molecule has 0 saturated heterocycles. The zero-order chi connectivity index (χ0) is 23.4. The number of aromatic nitrogens is 3. The van der Waals surface area contributed by atoms with Gasteiger partial charge >= 0.3 is 5.63 Å². The smallest absolute Gasteiger partial charge is 0.336 e. The topological polar surface area (TPSA) is 60.4 Å². The minimum Gasteiger partial charge on any atom is -0.423 e. The normalized spacial score (nSPS) is 12.0. The average Bonchev–Trinajstić information content (AvgIpc) is 3.22. The number of rotatable bonds is 4. The number of aryl methyl sites for hydroxylation is 1. The van der Waals surface area contributed by atoms with E-state index in [4.69, 9.17) is 14.4 Å². The van der Waals surface area contributed by atoms with Gasteiger partial charge in [0.15, 0.2) is 5.16 Å². The van der Waals surface area contributed by atoms with Crippen LogP contribution in [0.15, 0.2) is 81.1 Å². The molecule has 0 fully saturated rings. The van der Waals surface area contributed by atoms with Crippen LogP contribution in [0.4, 0.5) is 0 Å². The molecule has 0 radical (unpaired) electrons. The second kappa shape index (κ2) is 7.99. The minimum absolute atomic E-state index is 0.329. The van der Waals surface area contributed by atoms with E-state index in [-0.39, 0.29) is 5.63 Å². The van der Waals surface area contributed by atoms with E-state index in [2.05, 4.69) is 43.4 Å². The van der Waals surface area contributed by atoms with E-state index in [0.717, 1.165) is 49.3 Å². The number of fused-ring (bicyclic) bond motifs is 6. The highest BCUT2D eigenvalue weighted by Crippen LogP contribution is 2.33. The molecular formula is C28H23N3O2S. The van der Waals surface area contributed by atoms with Gasteiger partial charge in [0.1, 0.15) is 11.2 Å². The van der Waals surface area contributed by atoms with E-state index >= 15 is 0 Å². The van der Waals surface area contributed by atoms with Crippen molar-refractivity contribution in [3.8, 4) is 0 Å². The summed E-state index contributed by atoms with van der Waals surface area (Å²) in [5, 5.41) is 2.85. The Morgan fingerprint density at radius 3 is 2.53 bits per heavy atom. The van der Waals surface area contributed by atoms with Crippen molar-refractivity contribution in [3.63, 3.8) is 0 Å². The third-order valence-electron chi connectivity index (χ3n) is 6.31. The molecule has 0 atom stereocenters. The quantitative estimate of drug-likeness (QED) is 0.162. The van der Waals surface area contributed by atoms with E-state index in [1.807, 2.05) is 42.5 Å². The Bertz CT molecular complexity index is 1780. The fourth-order valence-corrected chi connectivity index (χ4v) is 5.69. The molecule has 0 N–H and O–H groups in total. The van der Waals surface area contributed by atoms with E-state index < -0.39 is 0 Å². The highest BCUT2D eigenvalue weighted by atomic mass is 32.2. The Balaban J connectivity index is 1.52. The van der Waals surface area contributed by atoms with Gasteiger partial charge in [-0.1, -0.05) is 49.9 Å². The van der Waals surface area contributed by atoms with Crippen LogP contribution in [0.2, 0.25) is 0 Å². The zero-order valence-corrected chi connectivity index (χ0v) is 20.0. The first-order chi connectivity index (χ1) is 16.5. The summed E-state index contributed by atoms with van der Waals surface area (Å²) in [7, 11) is 0. The van der Waals surface area contributed by atoms with Gasteiger partial charge in [0.2, 0.25) is 0 Å². The lowest BCUT2D eigenvalue weighted by Crippen LogP contribution is -2.03. The fraction of sp³-hybridized carbons (Fsp3) is 0.179. The lowest BCUT2D eigenvalue weighted by molar-refractivity contribution is 0.559. The molecule has 3 heterocycles. The van der Waals surface area contributed by atoms with Crippen LogP contribution in [-0.2, 0) is 5.75 Å². The second-order valence-corrected chi connectivity index (χ2v) is 9.85. The minimum atomic E-state index is -0.329. The predicted octanol–water partition coefficient (Wildman–Crippen LogP) is 6.87. The molecule has 0 amide bonds. The monoisotopic (exact) mass is 465 g/mol. The fourth-order valence-electron chi connectivity index (χ4n) is 4.69. The zero-order valence-electron chi connectivity index (χ0n) is 19.2. The molecule has 3 aromatic heterocycles. The van der Waals surface area contributed by atoms with Gasteiger partial charge in [-0.2, -0.15) is 0 Å². The van der Waals surface area contributed by atoms with Gasteiger partial charge in [-0.25, -0.2) is 14.8 Å². The molecule has 34 heavy (non-hydrogen) atoms. The van der Waals surface area contributed by atoms with Gasteiger partial charge in [-0.3, -0.25) is 4.40 Å². The third kappa shape index (κ3) is 3.37. The molecule has 5 nitrogen and oxygen atoms in total. The molecule has 6 heteroatoms. The molecule has 3 aromatic carbocycles. The second-order valence-electron chi connectivity index (χ2n) is 8.91. The Hall–Kier alpha value is -3.64. The van der Waals surface area contributed by atoms with E-state index in [0.29, 0.717) is 17.3 Å². The Kier molecular flexibility index (Phi) is 4.92. The molecule has 0 aliphatic rings. The molecule has 0 spiro atoms. The van der Waals surface area contributed by atoms with Crippen molar-refractivity contribution in [2.45, 2.75) is 37.6 Å². The van der Waals surface area contributed by atoms with Crippen molar-refractivity contribution >= 4 is 50.3 Å². The highest BCUT2D eigenvalue weighted by molar-refractivity contribution is 7.98. The first-order valence-corrected chi connectivity index (χ1v) is 12.3. The molecule has 0 saturated carbocycles. The first kappa shape index (κ1) is 20.9. The molecule has 0 aliphatic heterocycles. The predicted molar refractivity (Wildman–Crippen MR) is 139 cm³/mol. The van der Waals surface area contributed by atoms with Crippen LogP contribution in [0, 0.1) is 6.92 Å². The standard InChI is InChI=1S/C28H23N3O2S/c1-16(2)20-14-21-18(13-26(32)33-25(21)12-17(20)3)15-34-28-30-22-9-5-4-8-19(22)27-29-23-10-6-7-11-24(23)31(27)28/h4-14,16H,15H2,1-3H3. The Labute approximate surface area is 200 Å². The van der Waals surface area contributed by atoms with E-state index in [9.17, 15) is 4.79 Å². The summed E-state index contributed by atoms with van der Waals surface area (Å²) in [6.07, 6.45) is 0. The number of hydrogen-bond acceptors (Lipinski definition) is 5. The van der Waals surface area contributed by atoms with E-state index in [1.165, 1.54) is 5.56 Å². The van der Waals surface area contributed by atoms with Gasteiger partial charge in [0.25, 0.3) is 0 Å². The average molecular weight is 466 g/mol. The van der Waals surface area contributed by atoms with Crippen LogP contribution in [-0.4, -0.2) is 14.4 Å². The van der Waals surface area contributed by atoms with Crippen molar-refractivity contribution in [2.24, 2.45) is 0 Å². The van der Waals surface area contributed by atoms with Crippen LogP contribution >= 0.6 is 11.8 Å². The molecular weight excluding hydrogens is 442 g/mol. The van der Waals surface area contributed by atoms with Crippen molar-refractivity contribution in [1.82, 2.24) is 14.4 Å². The van der Waals surface area contributed by atoms with Crippen LogP contribution in [0.1, 0.15) is 36.5 Å². The first-order valence-electron chi connectivity index (χ1n) is 11.4. The van der Waals surface area contributed by atoms with E-state index in [1.54, 1.807) is 17.8 Å².